The number of nitrogens with zero attached hydrogens (tertiary/aromatic N) is 4. The lowest BCUT2D eigenvalue weighted by Gasteiger charge is -2.32. The van der Waals surface area contributed by atoms with Gasteiger partial charge in [0.25, 0.3) is 0 Å². The molecule has 3 heterocycles. The summed E-state index contributed by atoms with van der Waals surface area (Å²) in [6.07, 6.45) is 3.06. The number of hydrogen-bond acceptors (Lipinski definition) is 7. The third-order valence-corrected chi connectivity index (χ3v) is 5.05. The van der Waals surface area contributed by atoms with Gasteiger partial charge in [0.1, 0.15) is 12.7 Å². The summed E-state index contributed by atoms with van der Waals surface area (Å²) in [6.45, 7) is 7.67. The molecule has 0 saturated carbocycles. The highest BCUT2D eigenvalue weighted by Crippen LogP contribution is 2.28. The highest BCUT2D eigenvalue weighted by molar-refractivity contribution is 5.83. The molecule has 3 aromatic rings. The molecule has 1 amide bonds. The van der Waals surface area contributed by atoms with E-state index in [1.807, 2.05) is 30.3 Å². The molecule has 8 nitrogen and oxygen atoms in total. The molecular formula is C23H27N5O3. The summed E-state index contributed by atoms with van der Waals surface area (Å²) in [5.74, 6) is 0.452. The monoisotopic (exact) mass is 421 g/mol. The molecule has 1 aromatic carbocycles. The first-order valence-electron chi connectivity index (χ1n) is 10.5. The molecule has 0 bridgehead atoms. The summed E-state index contributed by atoms with van der Waals surface area (Å²) in [5.41, 5.74) is 4.09. The minimum Gasteiger partial charge on any atom is -0.473 e. The van der Waals surface area contributed by atoms with E-state index in [-0.39, 0.29) is 18.6 Å². The van der Waals surface area contributed by atoms with E-state index in [0.717, 1.165) is 16.9 Å². The van der Waals surface area contributed by atoms with E-state index in [9.17, 15) is 4.79 Å². The fraction of sp³-hybridized carbons (Fsp3) is 0.391. The van der Waals surface area contributed by atoms with Crippen LogP contribution in [0.3, 0.4) is 0 Å². The van der Waals surface area contributed by atoms with Crippen molar-refractivity contribution in [2.24, 2.45) is 0 Å². The Labute approximate surface area is 181 Å². The molecule has 8 heteroatoms. The maximum atomic E-state index is 11.7. The fourth-order valence-corrected chi connectivity index (χ4v) is 3.54. The number of morpholine rings is 1. The van der Waals surface area contributed by atoms with Gasteiger partial charge in [-0.1, -0.05) is 12.1 Å². The van der Waals surface area contributed by atoms with Crippen molar-refractivity contribution in [1.29, 1.82) is 0 Å². The van der Waals surface area contributed by atoms with Crippen LogP contribution in [0.25, 0.3) is 22.3 Å². The molecule has 0 radical (unpaired) electrons. The third-order valence-electron chi connectivity index (χ3n) is 5.05. The Morgan fingerprint density at radius 2 is 2.03 bits per heavy atom. The molecule has 162 valence electrons. The number of rotatable bonds is 6. The largest absolute Gasteiger partial charge is 0.473 e. The van der Waals surface area contributed by atoms with E-state index in [2.05, 4.69) is 29.1 Å². The molecule has 2 aromatic heterocycles. The van der Waals surface area contributed by atoms with Crippen LogP contribution < -0.4 is 10.1 Å². The minimum absolute atomic E-state index is 0.0418. The van der Waals surface area contributed by atoms with Gasteiger partial charge >= 0.3 is 0 Å². The van der Waals surface area contributed by atoms with Crippen LogP contribution in [-0.2, 0) is 9.53 Å². The number of carbonyl (C=O) groups is 1. The Balaban J connectivity index is 1.57. The van der Waals surface area contributed by atoms with Crippen molar-refractivity contribution in [3.63, 3.8) is 0 Å². The Morgan fingerprint density at radius 1 is 1.26 bits per heavy atom. The molecule has 1 fully saturated rings. The SMILES string of the molecule is CC(=O)N1CCOC(COc2nc(-c3ccc(NC(C)C)cc3)cc3nccnc23)C1. The third kappa shape index (κ3) is 5.08. The highest BCUT2D eigenvalue weighted by atomic mass is 16.5. The molecule has 0 spiro atoms. The van der Waals surface area contributed by atoms with Gasteiger partial charge in [0.15, 0.2) is 5.52 Å². The van der Waals surface area contributed by atoms with E-state index in [4.69, 9.17) is 14.5 Å². The second-order valence-electron chi connectivity index (χ2n) is 7.88. The summed E-state index contributed by atoms with van der Waals surface area (Å²) in [6, 6.07) is 10.4. The summed E-state index contributed by atoms with van der Waals surface area (Å²) >= 11 is 0. The van der Waals surface area contributed by atoms with E-state index < -0.39 is 0 Å². The molecule has 4 rings (SSSR count). The smallest absolute Gasteiger partial charge is 0.242 e. The van der Waals surface area contributed by atoms with Crippen molar-refractivity contribution in [3.8, 4) is 17.1 Å². The molecular weight excluding hydrogens is 394 g/mol. The Morgan fingerprint density at radius 3 is 2.77 bits per heavy atom. The minimum atomic E-state index is -0.212. The van der Waals surface area contributed by atoms with Crippen molar-refractivity contribution in [2.75, 3.05) is 31.6 Å². The first-order chi connectivity index (χ1) is 15.0. The maximum Gasteiger partial charge on any atom is 0.242 e. The maximum absolute atomic E-state index is 11.7. The lowest BCUT2D eigenvalue weighted by atomic mass is 10.1. The first-order valence-corrected chi connectivity index (χ1v) is 10.5. The van der Waals surface area contributed by atoms with Gasteiger partial charge in [-0.25, -0.2) is 9.97 Å². The topological polar surface area (TPSA) is 89.5 Å². The van der Waals surface area contributed by atoms with Crippen molar-refractivity contribution < 1.29 is 14.3 Å². The van der Waals surface area contributed by atoms with Crippen LogP contribution >= 0.6 is 0 Å². The molecule has 1 atom stereocenters. The van der Waals surface area contributed by atoms with Crippen LogP contribution in [0.15, 0.2) is 42.7 Å². The van der Waals surface area contributed by atoms with Crippen molar-refractivity contribution >= 4 is 22.6 Å². The van der Waals surface area contributed by atoms with Gasteiger partial charge in [0.2, 0.25) is 11.8 Å². The summed E-state index contributed by atoms with van der Waals surface area (Å²) in [7, 11) is 0. The van der Waals surface area contributed by atoms with Crippen molar-refractivity contribution in [3.05, 3.63) is 42.7 Å². The van der Waals surface area contributed by atoms with Crippen LogP contribution in [0.2, 0.25) is 0 Å². The Hall–Kier alpha value is -3.26. The summed E-state index contributed by atoms with van der Waals surface area (Å²) in [4.78, 5) is 27.0. The van der Waals surface area contributed by atoms with E-state index in [0.29, 0.717) is 42.7 Å². The number of fused-ring (bicyclic) bond motifs is 1. The normalized spacial score (nSPS) is 16.5. The molecule has 1 aliphatic rings. The molecule has 0 aliphatic carbocycles. The standard InChI is InChI=1S/C23H27N5O3/c1-15(2)26-18-6-4-17(5-7-18)20-12-21-22(25-9-8-24-21)23(27-20)31-14-19-13-28(16(3)29)10-11-30-19/h4-9,12,15,19,26H,10-11,13-14H2,1-3H3. The number of benzene rings is 1. The van der Waals surface area contributed by atoms with E-state index in [1.54, 1.807) is 24.2 Å². The van der Waals surface area contributed by atoms with Gasteiger partial charge in [-0.15, -0.1) is 0 Å². The van der Waals surface area contributed by atoms with Gasteiger partial charge in [0, 0.05) is 43.2 Å². The molecule has 1 aliphatic heterocycles. The Bertz CT molecular complexity index is 1050. The van der Waals surface area contributed by atoms with Crippen molar-refractivity contribution in [2.45, 2.75) is 32.9 Å². The lowest BCUT2D eigenvalue weighted by molar-refractivity contribution is -0.137. The molecule has 1 saturated heterocycles. The number of hydrogen-bond donors (Lipinski definition) is 1. The molecule has 31 heavy (non-hydrogen) atoms. The van der Waals surface area contributed by atoms with Gasteiger partial charge in [-0.05, 0) is 32.0 Å². The van der Waals surface area contributed by atoms with Crippen LogP contribution in [0.4, 0.5) is 5.69 Å². The van der Waals surface area contributed by atoms with Crippen LogP contribution in [0.1, 0.15) is 20.8 Å². The number of carbonyl (C=O) groups excluding carboxylic acids is 1. The van der Waals surface area contributed by atoms with E-state index >= 15 is 0 Å². The quantitative estimate of drug-likeness (QED) is 0.654. The van der Waals surface area contributed by atoms with E-state index in [1.165, 1.54) is 0 Å². The summed E-state index contributed by atoms with van der Waals surface area (Å²) < 4.78 is 11.8. The number of pyridine rings is 1. The van der Waals surface area contributed by atoms with Crippen LogP contribution in [0.5, 0.6) is 5.88 Å². The zero-order valence-electron chi connectivity index (χ0n) is 18.0. The summed E-state index contributed by atoms with van der Waals surface area (Å²) in [5, 5.41) is 3.38. The molecule has 1 N–H and O–H groups in total. The predicted octanol–water partition coefficient (Wildman–Crippen LogP) is 3.14. The predicted molar refractivity (Wildman–Crippen MR) is 119 cm³/mol. The first kappa shape index (κ1) is 21.0. The van der Waals surface area contributed by atoms with Crippen LogP contribution in [0, 0.1) is 0 Å². The number of nitrogens with one attached hydrogen (secondary N) is 1. The van der Waals surface area contributed by atoms with Crippen LogP contribution in [-0.4, -0.2) is 64.2 Å². The second kappa shape index (κ2) is 9.26. The van der Waals surface area contributed by atoms with Gasteiger partial charge in [-0.2, -0.15) is 0 Å². The average molecular weight is 422 g/mol. The molecule has 1 unspecified atom stereocenters. The highest BCUT2D eigenvalue weighted by Gasteiger charge is 2.23. The number of ether oxygens (including phenoxy) is 2. The van der Waals surface area contributed by atoms with Gasteiger partial charge < -0.3 is 19.7 Å². The zero-order valence-corrected chi connectivity index (χ0v) is 18.0. The zero-order chi connectivity index (χ0) is 21.8. The second-order valence-corrected chi connectivity index (χ2v) is 7.88. The number of anilines is 1. The van der Waals surface area contributed by atoms with Gasteiger partial charge in [0.05, 0.1) is 24.4 Å². The lowest BCUT2D eigenvalue weighted by Crippen LogP contribution is -2.46. The van der Waals surface area contributed by atoms with Crippen molar-refractivity contribution in [1.82, 2.24) is 19.9 Å². The van der Waals surface area contributed by atoms with Gasteiger partial charge in [-0.3, -0.25) is 9.78 Å². The number of aromatic nitrogens is 3. The average Bonchev–Trinajstić information content (AvgIpc) is 2.77. The number of amides is 1. The fourth-order valence-electron chi connectivity index (χ4n) is 3.54. The Kier molecular flexibility index (Phi) is 6.27.